The van der Waals surface area contributed by atoms with Gasteiger partial charge < -0.3 is 19.3 Å². The standard InChI is InChI=1S/C18H18N4O4S/c1-24-13-6-4-12(5-7-13)17-20-21-18(27)22(17)19-10-11-8-14(25-2)16(23)15(9-11)26-3/h4-10,23H,1-3H3,(H,21,27). The Kier molecular flexibility index (Phi) is 5.41. The minimum Gasteiger partial charge on any atom is -0.502 e. The van der Waals surface area contributed by atoms with Gasteiger partial charge in [-0.2, -0.15) is 14.9 Å². The molecule has 0 saturated heterocycles. The molecule has 3 rings (SSSR count). The van der Waals surface area contributed by atoms with E-state index in [0.717, 1.165) is 11.3 Å². The van der Waals surface area contributed by atoms with Crippen LogP contribution in [0, 0.1) is 4.77 Å². The summed E-state index contributed by atoms with van der Waals surface area (Å²) >= 11 is 5.27. The van der Waals surface area contributed by atoms with Crippen molar-refractivity contribution in [3.63, 3.8) is 0 Å². The number of phenols is 1. The van der Waals surface area contributed by atoms with E-state index < -0.39 is 0 Å². The van der Waals surface area contributed by atoms with Crippen LogP contribution in [0.4, 0.5) is 0 Å². The lowest BCUT2D eigenvalue weighted by Gasteiger charge is -2.09. The lowest BCUT2D eigenvalue weighted by Crippen LogP contribution is -1.96. The molecule has 1 aromatic heterocycles. The number of benzene rings is 2. The molecular formula is C18H18N4O4S. The van der Waals surface area contributed by atoms with Gasteiger partial charge >= 0.3 is 0 Å². The van der Waals surface area contributed by atoms with E-state index >= 15 is 0 Å². The minimum absolute atomic E-state index is 0.0732. The molecule has 0 aliphatic rings. The molecule has 2 N–H and O–H groups in total. The summed E-state index contributed by atoms with van der Waals surface area (Å²) in [6, 6.07) is 10.7. The molecule has 0 bridgehead atoms. The highest BCUT2D eigenvalue weighted by Gasteiger charge is 2.11. The van der Waals surface area contributed by atoms with Gasteiger partial charge in [-0.3, -0.25) is 0 Å². The number of rotatable bonds is 6. The topological polar surface area (TPSA) is 93.9 Å². The molecule has 0 atom stereocenters. The largest absolute Gasteiger partial charge is 0.502 e. The molecule has 27 heavy (non-hydrogen) atoms. The van der Waals surface area contributed by atoms with Crippen molar-refractivity contribution in [1.29, 1.82) is 0 Å². The van der Waals surface area contributed by atoms with Gasteiger partial charge in [0, 0.05) is 11.1 Å². The molecule has 0 fully saturated rings. The van der Waals surface area contributed by atoms with Gasteiger partial charge in [-0.1, -0.05) is 0 Å². The number of phenolic OH excluding ortho intramolecular Hbond substituents is 1. The molecule has 0 aliphatic heterocycles. The van der Waals surface area contributed by atoms with E-state index in [1.807, 2.05) is 24.3 Å². The second-order valence-electron chi connectivity index (χ2n) is 5.41. The van der Waals surface area contributed by atoms with E-state index in [1.165, 1.54) is 18.9 Å². The fourth-order valence-electron chi connectivity index (χ4n) is 2.44. The van der Waals surface area contributed by atoms with Crippen LogP contribution in [0.5, 0.6) is 23.0 Å². The zero-order valence-electron chi connectivity index (χ0n) is 15.0. The third-order valence-corrected chi connectivity index (χ3v) is 4.09. The van der Waals surface area contributed by atoms with Gasteiger partial charge in [-0.15, -0.1) is 0 Å². The number of hydrogen-bond acceptors (Lipinski definition) is 7. The van der Waals surface area contributed by atoms with Crippen molar-refractivity contribution in [3.05, 3.63) is 46.7 Å². The number of H-pyrrole nitrogens is 1. The lowest BCUT2D eigenvalue weighted by molar-refractivity contribution is 0.340. The molecule has 2 aromatic carbocycles. The van der Waals surface area contributed by atoms with Crippen LogP contribution in [0.1, 0.15) is 5.56 Å². The van der Waals surface area contributed by atoms with Crippen molar-refractivity contribution in [1.82, 2.24) is 14.9 Å². The Balaban J connectivity index is 1.99. The number of nitrogens with zero attached hydrogens (tertiary/aromatic N) is 3. The Bertz CT molecular complexity index is 1000. The second kappa shape index (κ2) is 7.92. The maximum atomic E-state index is 10.0. The smallest absolute Gasteiger partial charge is 0.216 e. The summed E-state index contributed by atoms with van der Waals surface area (Å²) in [5, 5.41) is 21.4. The van der Waals surface area contributed by atoms with Crippen LogP contribution in [0.25, 0.3) is 11.4 Å². The second-order valence-corrected chi connectivity index (χ2v) is 5.80. The summed E-state index contributed by atoms with van der Waals surface area (Å²) in [6.07, 6.45) is 1.57. The van der Waals surface area contributed by atoms with Crippen molar-refractivity contribution in [2.75, 3.05) is 21.3 Å². The van der Waals surface area contributed by atoms with Gasteiger partial charge in [0.15, 0.2) is 17.3 Å². The zero-order valence-corrected chi connectivity index (χ0v) is 15.8. The van der Waals surface area contributed by atoms with Gasteiger partial charge in [-0.05, 0) is 48.6 Å². The maximum absolute atomic E-state index is 10.0. The number of aromatic hydroxyl groups is 1. The molecule has 0 radical (unpaired) electrons. The van der Waals surface area contributed by atoms with Crippen molar-refractivity contribution in [2.45, 2.75) is 0 Å². The number of aromatic nitrogens is 3. The quantitative estimate of drug-likeness (QED) is 0.499. The lowest BCUT2D eigenvalue weighted by atomic mass is 10.2. The van der Waals surface area contributed by atoms with Crippen LogP contribution in [-0.4, -0.2) is 47.5 Å². The molecule has 0 aliphatic carbocycles. The minimum atomic E-state index is -0.0732. The Morgan fingerprint density at radius 2 is 1.70 bits per heavy atom. The summed E-state index contributed by atoms with van der Waals surface area (Å²) < 4.78 is 17.3. The van der Waals surface area contributed by atoms with E-state index in [4.69, 9.17) is 26.4 Å². The predicted molar refractivity (Wildman–Crippen MR) is 104 cm³/mol. The summed E-state index contributed by atoms with van der Waals surface area (Å²) in [5.74, 6) is 1.78. The molecule has 9 heteroatoms. The highest BCUT2D eigenvalue weighted by molar-refractivity contribution is 7.71. The van der Waals surface area contributed by atoms with Crippen molar-refractivity contribution in [3.8, 4) is 34.4 Å². The Labute approximate surface area is 160 Å². The highest BCUT2D eigenvalue weighted by atomic mass is 32.1. The van der Waals surface area contributed by atoms with Crippen LogP contribution < -0.4 is 14.2 Å². The van der Waals surface area contributed by atoms with E-state index in [2.05, 4.69) is 15.3 Å². The highest BCUT2D eigenvalue weighted by Crippen LogP contribution is 2.36. The summed E-state index contributed by atoms with van der Waals surface area (Å²) in [4.78, 5) is 0. The number of methoxy groups -OCH3 is 3. The van der Waals surface area contributed by atoms with Gasteiger partial charge in [0.05, 0.1) is 27.5 Å². The average Bonchev–Trinajstić information content (AvgIpc) is 3.07. The fourth-order valence-corrected chi connectivity index (χ4v) is 2.62. The van der Waals surface area contributed by atoms with E-state index in [-0.39, 0.29) is 17.2 Å². The van der Waals surface area contributed by atoms with Crippen LogP contribution >= 0.6 is 12.2 Å². The number of ether oxygens (including phenoxy) is 3. The fraction of sp³-hybridized carbons (Fsp3) is 0.167. The normalized spacial score (nSPS) is 10.9. The number of hydrogen-bond donors (Lipinski definition) is 2. The van der Waals surface area contributed by atoms with Gasteiger partial charge in [0.1, 0.15) is 5.75 Å². The predicted octanol–water partition coefficient (Wildman–Crippen LogP) is 3.22. The molecule has 8 nitrogen and oxygen atoms in total. The third kappa shape index (κ3) is 3.77. The third-order valence-electron chi connectivity index (χ3n) is 3.82. The molecule has 0 unspecified atom stereocenters. The zero-order chi connectivity index (χ0) is 19.4. The maximum Gasteiger partial charge on any atom is 0.216 e. The number of nitrogens with one attached hydrogen (secondary N) is 1. The summed E-state index contributed by atoms with van der Waals surface area (Å²) in [5.41, 5.74) is 1.48. The monoisotopic (exact) mass is 386 g/mol. The van der Waals surface area contributed by atoms with E-state index in [1.54, 1.807) is 25.5 Å². The molecule has 0 saturated carbocycles. The first-order valence-electron chi connectivity index (χ1n) is 7.88. The van der Waals surface area contributed by atoms with Crippen LogP contribution in [0.2, 0.25) is 0 Å². The van der Waals surface area contributed by atoms with Crippen molar-refractivity contribution >= 4 is 18.4 Å². The van der Waals surface area contributed by atoms with E-state index in [9.17, 15) is 5.11 Å². The first-order chi connectivity index (χ1) is 13.1. The Morgan fingerprint density at radius 3 is 2.26 bits per heavy atom. The Hall–Kier alpha value is -3.33. The van der Waals surface area contributed by atoms with E-state index in [0.29, 0.717) is 16.2 Å². The first-order valence-corrected chi connectivity index (χ1v) is 8.29. The average molecular weight is 386 g/mol. The molecule has 0 spiro atoms. The van der Waals surface area contributed by atoms with Crippen LogP contribution in [-0.2, 0) is 0 Å². The van der Waals surface area contributed by atoms with Crippen molar-refractivity contribution < 1.29 is 19.3 Å². The van der Waals surface area contributed by atoms with Crippen molar-refractivity contribution in [2.24, 2.45) is 5.10 Å². The molecule has 1 heterocycles. The summed E-state index contributed by atoms with van der Waals surface area (Å²) in [7, 11) is 4.53. The SMILES string of the molecule is COc1ccc(-c2n[nH]c(=S)n2N=Cc2cc(OC)c(O)c(OC)c2)cc1. The first kappa shape index (κ1) is 18.5. The van der Waals surface area contributed by atoms with Gasteiger partial charge in [0.2, 0.25) is 10.5 Å². The van der Waals surface area contributed by atoms with Gasteiger partial charge in [-0.25, -0.2) is 5.10 Å². The Morgan fingerprint density at radius 1 is 1.07 bits per heavy atom. The van der Waals surface area contributed by atoms with Gasteiger partial charge in [0.25, 0.3) is 0 Å². The molecule has 0 amide bonds. The molecular weight excluding hydrogens is 368 g/mol. The number of aromatic amines is 1. The van der Waals surface area contributed by atoms with Crippen LogP contribution in [0.15, 0.2) is 41.5 Å². The van der Waals surface area contributed by atoms with Crippen LogP contribution in [0.3, 0.4) is 0 Å². The molecule has 140 valence electrons. The molecule has 3 aromatic rings. The summed E-state index contributed by atoms with van der Waals surface area (Å²) in [6.45, 7) is 0.